The molecule has 0 amide bonds. The van der Waals surface area contributed by atoms with Crippen molar-refractivity contribution >= 4 is 5.95 Å². The summed E-state index contributed by atoms with van der Waals surface area (Å²) < 4.78 is 12.0. The highest BCUT2D eigenvalue weighted by molar-refractivity contribution is 5.34. The predicted octanol–water partition coefficient (Wildman–Crippen LogP) is 1.19. The minimum atomic E-state index is 0.122. The molecule has 0 saturated carbocycles. The number of hydrogen-bond donors (Lipinski definition) is 1. The number of anilines is 1. The first-order valence-electron chi connectivity index (χ1n) is 5.92. The normalized spacial score (nSPS) is 11.9. The molecule has 0 radical (unpaired) electrons. The third kappa shape index (κ3) is 3.57. The van der Waals surface area contributed by atoms with Crippen LogP contribution in [0.5, 0.6) is 11.8 Å². The Kier molecular flexibility index (Phi) is 4.17. The lowest BCUT2D eigenvalue weighted by molar-refractivity contribution is 0.372. The Bertz CT molecular complexity index is 493. The topological polar surface area (TPSA) is 74.1 Å². The van der Waals surface area contributed by atoms with Crippen LogP contribution in [0.3, 0.4) is 0 Å². The van der Waals surface area contributed by atoms with Gasteiger partial charge in [-0.3, -0.25) is 4.68 Å². The van der Waals surface area contributed by atoms with Crippen LogP contribution in [-0.4, -0.2) is 40.0 Å². The quantitative estimate of drug-likeness (QED) is 0.844. The lowest BCUT2D eigenvalue weighted by Gasteiger charge is -2.14. The van der Waals surface area contributed by atoms with Gasteiger partial charge >= 0.3 is 0 Å². The molecule has 2 aromatic rings. The third-order valence-corrected chi connectivity index (χ3v) is 2.49. The Hall–Kier alpha value is -2.31. The van der Waals surface area contributed by atoms with Crippen LogP contribution in [-0.2, 0) is 6.54 Å². The lowest BCUT2D eigenvalue weighted by atomic mass is 10.3. The molecule has 7 heteroatoms. The van der Waals surface area contributed by atoms with Crippen molar-refractivity contribution in [2.45, 2.75) is 19.5 Å². The van der Waals surface area contributed by atoms with Gasteiger partial charge in [0.05, 0.1) is 26.8 Å². The number of hydrogen-bond acceptors (Lipinski definition) is 6. The second-order valence-corrected chi connectivity index (χ2v) is 4.05. The Morgan fingerprint density at radius 3 is 2.47 bits per heavy atom. The van der Waals surface area contributed by atoms with Crippen molar-refractivity contribution in [2.75, 3.05) is 19.5 Å². The van der Waals surface area contributed by atoms with E-state index in [0.717, 1.165) is 6.54 Å². The monoisotopic (exact) mass is 263 g/mol. The molecule has 0 saturated heterocycles. The molecule has 1 N–H and O–H groups in total. The van der Waals surface area contributed by atoms with Gasteiger partial charge in [-0.2, -0.15) is 15.1 Å². The number of rotatable bonds is 6. The van der Waals surface area contributed by atoms with E-state index >= 15 is 0 Å². The van der Waals surface area contributed by atoms with E-state index in [-0.39, 0.29) is 6.04 Å². The van der Waals surface area contributed by atoms with Gasteiger partial charge in [-0.25, -0.2) is 0 Å². The standard InChI is InChI=1S/C12H17N5O2/c1-9(8-17-6-4-5-13-17)14-12-15-10(18-2)7-11(16-12)19-3/h4-7,9H,8H2,1-3H3,(H,14,15,16). The summed E-state index contributed by atoms with van der Waals surface area (Å²) in [4.78, 5) is 8.43. The first kappa shape index (κ1) is 13.1. The van der Waals surface area contributed by atoms with Crippen molar-refractivity contribution in [1.29, 1.82) is 0 Å². The van der Waals surface area contributed by atoms with Gasteiger partial charge in [0.15, 0.2) is 0 Å². The van der Waals surface area contributed by atoms with E-state index in [0.29, 0.717) is 17.7 Å². The average molecular weight is 263 g/mol. The molecule has 0 aliphatic heterocycles. The van der Waals surface area contributed by atoms with E-state index in [1.807, 2.05) is 23.9 Å². The summed E-state index contributed by atoms with van der Waals surface area (Å²) in [5.41, 5.74) is 0. The summed E-state index contributed by atoms with van der Waals surface area (Å²) in [6.07, 6.45) is 3.66. The molecule has 0 aliphatic carbocycles. The van der Waals surface area contributed by atoms with Gasteiger partial charge in [0.2, 0.25) is 17.7 Å². The number of nitrogens with zero attached hydrogens (tertiary/aromatic N) is 4. The Balaban J connectivity index is 2.05. The SMILES string of the molecule is COc1cc(OC)nc(NC(C)Cn2cccn2)n1. The fourth-order valence-electron chi connectivity index (χ4n) is 1.63. The van der Waals surface area contributed by atoms with E-state index in [2.05, 4.69) is 20.4 Å². The van der Waals surface area contributed by atoms with Crippen molar-refractivity contribution in [3.63, 3.8) is 0 Å². The van der Waals surface area contributed by atoms with E-state index < -0.39 is 0 Å². The van der Waals surface area contributed by atoms with Crippen molar-refractivity contribution in [3.8, 4) is 11.8 Å². The molecule has 7 nitrogen and oxygen atoms in total. The van der Waals surface area contributed by atoms with Crippen molar-refractivity contribution < 1.29 is 9.47 Å². The molecule has 0 bridgehead atoms. The van der Waals surface area contributed by atoms with Crippen LogP contribution in [0.25, 0.3) is 0 Å². The Labute approximate surface area is 111 Å². The van der Waals surface area contributed by atoms with Crippen LogP contribution in [0.4, 0.5) is 5.95 Å². The summed E-state index contributed by atoms with van der Waals surface area (Å²) in [7, 11) is 3.11. The second kappa shape index (κ2) is 6.03. The number of ether oxygens (including phenoxy) is 2. The highest BCUT2D eigenvalue weighted by Gasteiger charge is 2.09. The van der Waals surface area contributed by atoms with Gasteiger partial charge in [0.1, 0.15) is 0 Å². The first-order valence-corrected chi connectivity index (χ1v) is 5.92. The minimum absolute atomic E-state index is 0.122. The molecule has 0 aromatic carbocycles. The minimum Gasteiger partial charge on any atom is -0.481 e. The fourth-order valence-corrected chi connectivity index (χ4v) is 1.63. The average Bonchev–Trinajstić information content (AvgIpc) is 2.90. The van der Waals surface area contributed by atoms with Gasteiger partial charge < -0.3 is 14.8 Å². The molecule has 1 atom stereocenters. The van der Waals surface area contributed by atoms with Crippen LogP contribution >= 0.6 is 0 Å². The zero-order valence-electron chi connectivity index (χ0n) is 11.2. The summed E-state index contributed by atoms with van der Waals surface area (Å²) in [5, 5.41) is 7.34. The maximum atomic E-state index is 5.10. The zero-order chi connectivity index (χ0) is 13.7. The van der Waals surface area contributed by atoms with Crippen molar-refractivity contribution in [2.24, 2.45) is 0 Å². The number of nitrogens with one attached hydrogen (secondary N) is 1. The predicted molar refractivity (Wildman–Crippen MR) is 70.4 cm³/mol. The van der Waals surface area contributed by atoms with Crippen molar-refractivity contribution in [3.05, 3.63) is 24.5 Å². The molecule has 2 rings (SSSR count). The summed E-state index contributed by atoms with van der Waals surface area (Å²) in [6, 6.07) is 3.64. The molecule has 102 valence electrons. The molecule has 1 unspecified atom stereocenters. The summed E-state index contributed by atoms with van der Waals surface area (Å²) in [6.45, 7) is 2.74. The van der Waals surface area contributed by atoms with Gasteiger partial charge in [0.25, 0.3) is 0 Å². The maximum Gasteiger partial charge on any atom is 0.229 e. The van der Waals surface area contributed by atoms with E-state index in [1.165, 1.54) is 0 Å². The molecule has 2 aromatic heterocycles. The molecule has 0 fully saturated rings. The fraction of sp³-hybridized carbons (Fsp3) is 0.417. The summed E-state index contributed by atoms with van der Waals surface area (Å²) >= 11 is 0. The number of aromatic nitrogens is 4. The third-order valence-electron chi connectivity index (χ3n) is 2.49. The molecular formula is C12H17N5O2. The highest BCUT2D eigenvalue weighted by Crippen LogP contribution is 2.17. The van der Waals surface area contributed by atoms with Crippen LogP contribution < -0.4 is 14.8 Å². The van der Waals surface area contributed by atoms with Crippen LogP contribution in [0.1, 0.15) is 6.92 Å². The van der Waals surface area contributed by atoms with Crippen LogP contribution in [0.2, 0.25) is 0 Å². The van der Waals surface area contributed by atoms with Crippen molar-refractivity contribution in [1.82, 2.24) is 19.7 Å². The lowest BCUT2D eigenvalue weighted by Crippen LogP contribution is -2.23. The molecule has 2 heterocycles. The molecule has 19 heavy (non-hydrogen) atoms. The first-order chi connectivity index (χ1) is 9.21. The Morgan fingerprint density at radius 2 is 1.95 bits per heavy atom. The van der Waals surface area contributed by atoms with Gasteiger partial charge in [-0.05, 0) is 13.0 Å². The zero-order valence-corrected chi connectivity index (χ0v) is 11.2. The van der Waals surface area contributed by atoms with E-state index in [4.69, 9.17) is 9.47 Å². The van der Waals surface area contributed by atoms with Gasteiger partial charge in [-0.15, -0.1) is 0 Å². The summed E-state index contributed by atoms with van der Waals surface area (Å²) in [5.74, 6) is 1.39. The van der Waals surface area contributed by atoms with Crippen LogP contribution in [0.15, 0.2) is 24.5 Å². The van der Waals surface area contributed by atoms with E-state index in [9.17, 15) is 0 Å². The van der Waals surface area contributed by atoms with Gasteiger partial charge in [-0.1, -0.05) is 0 Å². The highest BCUT2D eigenvalue weighted by atomic mass is 16.5. The van der Waals surface area contributed by atoms with Crippen LogP contribution in [0, 0.1) is 0 Å². The molecule has 0 spiro atoms. The van der Waals surface area contributed by atoms with Gasteiger partial charge in [0, 0.05) is 18.4 Å². The molecule has 0 aliphatic rings. The second-order valence-electron chi connectivity index (χ2n) is 4.05. The Morgan fingerprint density at radius 1 is 1.26 bits per heavy atom. The van der Waals surface area contributed by atoms with E-state index in [1.54, 1.807) is 26.5 Å². The molecular weight excluding hydrogens is 246 g/mol. The largest absolute Gasteiger partial charge is 0.481 e. The number of methoxy groups -OCH3 is 2. The maximum absolute atomic E-state index is 5.10. The smallest absolute Gasteiger partial charge is 0.229 e.